The number of hydrogen-bond acceptors (Lipinski definition) is 4. The van der Waals surface area contributed by atoms with Crippen LogP contribution in [0.1, 0.15) is 37.6 Å². The molecule has 2 N–H and O–H groups in total. The summed E-state index contributed by atoms with van der Waals surface area (Å²) in [6.45, 7) is 9.91. The molecular weight excluding hydrogens is 320 g/mol. The van der Waals surface area contributed by atoms with Crippen molar-refractivity contribution in [1.29, 1.82) is 0 Å². The van der Waals surface area contributed by atoms with Gasteiger partial charge in [-0.3, -0.25) is 9.89 Å². The molecule has 3 rings (SSSR count). The Labute approximate surface area is 149 Å². The van der Waals surface area contributed by atoms with E-state index in [1.165, 1.54) is 17.7 Å². The molecule has 0 aliphatic carbocycles. The normalized spacial score (nSPS) is 25.8. The highest BCUT2D eigenvalue weighted by atomic mass is 32.1. The van der Waals surface area contributed by atoms with Crippen LogP contribution >= 0.6 is 11.3 Å². The van der Waals surface area contributed by atoms with Crippen molar-refractivity contribution in [1.82, 2.24) is 9.80 Å². The number of likely N-dealkylation sites (tertiary alicyclic amines) is 1. The molecule has 0 aromatic carbocycles. The maximum absolute atomic E-state index is 6.27. The monoisotopic (exact) mass is 350 g/mol. The van der Waals surface area contributed by atoms with Crippen molar-refractivity contribution in [2.24, 2.45) is 16.6 Å². The first-order valence-corrected chi connectivity index (χ1v) is 9.95. The van der Waals surface area contributed by atoms with Gasteiger partial charge in [0.15, 0.2) is 5.96 Å². The number of rotatable bonds is 4. The molecule has 24 heavy (non-hydrogen) atoms. The SMILES string of the molecule is CC1CCN(C(CN=C(N)N2CCOC(C)C2)c2cccs2)CC1. The molecule has 5 nitrogen and oxygen atoms in total. The number of thiophene rings is 1. The predicted molar refractivity (Wildman–Crippen MR) is 101 cm³/mol. The molecule has 6 heteroatoms. The molecule has 2 aliphatic rings. The Morgan fingerprint density at radius 3 is 2.83 bits per heavy atom. The van der Waals surface area contributed by atoms with Crippen molar-refractivity contribution >= 4 is 17.3 Å². The van der Waals surface area contributed by atoms with Crippen LogP contribution in [-0.4, -0.2) is 61.2 Å². The van der Waals surface area contributed by atoms with Crippen LogP contribution < -0.4 is 5.73 Å². The molecule has 0 saturated carbocycles. The number of piperidine rings is 1. The largest absolute Gasteiger partial charge is 0.375 e. The van der Waals surface area contributed by atoms with Crippen molar-refractivity contribution in [3.8, 4) is 0 Å². The zero-order valence-electron chi connectivity index (χ0n) is 14.9. The van der Waals surface area contributed by atoms with Gasteiger partial charge in [-0.05, 0) is 50.2 Å². The van der Waals surface area contributed by atoms with E-state index in [1.54, 1.807) is 0 Å². The number of nitrogens with two attached hydrogens (primary N) is 1. The van der Waals surface area contributed by atoms with Gasteiger partial charge in [0.2, 0.25) is 0 Å². The third-order valence-corrected chi connectivity index (χ3v) is 6.10. The van der Waals surface area contributed by atoms with Gasteiger partial charge in [0.1, 0.15) is 0 Å². The Balaban J connectivity index is 1.66. The van der Waals surface area contributed by atoms with Gasteiger partial charge in [-0.2, -0.15) is 0 Å². The summed E-state index contributed by atoms with van der Waals surface area (Å²) in [4.78, 5) is 10.9. The van der Waals surface area contributed by atoms with Gasteiger partial charge in [-0.15, -0.1) is 11.3 Å². The average Bonchev–Trinajstić information content (AvgIpc) is 3.11. The van der Waals surface area contributed by atoms with Gasteiger partial charge in [-0.1, -0.05) is 13.0 Å². The quantitative estimate of drug-likeness (QED) is 0.670. The fourth-order valence-electron chi connectivity index (χ4n) is 3.51. The second-order valence-electron chi connectivity index (χ2n) is 7.08. The maximum atomic E-state index is 6.27. The minimum Gasteiger partial charge on any atom is -0.375 e. The summed E-state index contributed by atoms with van der Waals surface area (Å²) in [5.41, 5.74) is 6.27. The maximum Gasteiger partial charge on any atom is 0.191 e. The van der Waals surface area contributed by atoms with E-state index in [0.717, 1.165) is 45.2 Å². The van der Waals surface area contributed by atoms with Crippen molar-refractivity contribution in [3.63, 3.8) is 0 Å². The molecule has 3 heterocycles. The third kappa shape index (κ3) is 4.49. The zero-order chi connectivity index (χ0) is 16.9. The standard InChI is InChI=1S/C18H30N4OS/c1-14-5-7-21(8-6-14)16(17-4-3-11-24-17)12-20-18(19)22-9-10-23-15(2)13-22/h3-4,11,14-16H,5-10,12-13H2,1-2H3,(H2,19,20). The molecule has 0 bridgehead atoms. The number of morpholine rings is 1. The lowest BCUT2D eigenvalue weighted by Gasteiger charge is -2.36. The number of aliphatic imine (C=N–C) groups is 1. The van der Waals surface area contributed by atoms with Crippen LogP contribution in [0, 0.1) is 5.92 Å². The van der Waals surface area contributed by atoms with Crippen molar-refractivity contribution in [2.45, 2.75) is 38.8 Å². The summed E-state index contributed by atoms with van der Waals surface area (Å²) in [5, 5.41) is 2.16. The van der Waals surface area contributed by atoms with Crippen LogP contribution in [-0.2, 0) is 4.74 Å². The second kappa shape index (κ2) is 8.32. The summed E-state index contributed by atoms with van der Waals surface area (Å²) in [6.07, 6.45) is 2.79. The van der Waals surface area contributed by atoms with Crippen molar-refractivity contribution in [3.05, 3.63) is 22.4 Å². The summed E-state index contributed by atoms with van der Waals surface area (Å²) in [6, 6.07) is 4.72. The molecular formula is C18H30N4OS. The van der Waals surface area contributed by atoms with Gasteiger partial charge in [-0.25, -0.2) is 0 Å². The first-order valence-electron chi connectivity index (χ1n) is 9.07. The summed E-state index contributed by atoms with van der Waals surface area (Å²) < 4.78 is 5.59. The average molecular weight is 351 g/mol. The first-order chi connectivity index (χ1) is 11.6. The molecule has 134 valence electrons. The highest BCUT2D eigenvalue weighted by Crippen LogP contribution is 2.29. The van der Waals surface area contributed by atoms with E-state index in [4.69, 9.17) is 15.5 Å². The smallest absolute Gasteiger partial charge is 0.191 e. The topological polar surface area (TPSA) is 54.1 Å². The molecule has 0 spiro atoms. The van der Waals surface area contributed by atoms with E-state index >= 15 is 0 Å². The van der Waals surface area contributed by atoms with Gasteiger partial charge >= 0.3 is 0 Å². The van der Waals surface area contributed by atoms with Crippen LogP contribution in [0.3, 0.4) is 0 Å². The fraction of sp³-hybridized carbons (Fsp3) is 0.722. The van der Waals surface area contributed by atoms with Crippen molar-refractivity contribution in [2.75, 3.05) is 39.3 Å². The molecule has 2 saturated heterocycles. The summed E-state index contributed by atoms with van der Waals surface area (Å²) in [5.74, 6) is 1.51. The van der Waals surface area contributed by atoms with E-state index < -0.39 is 0 Å². The Morgan fingerprint density at radius 1 is 1.38 bits per heavy atom. The van der Waals surface area contributed by atoms with E-state index in [0.29, 0.717) is 12.0 Å². The Hall–Kier alpha value is -1.11. The number of ether oxygens (including phenoxy) is 1. The lowest BCUT2D eigenvalue weighted by Crippen LogP contribution is -2.48. The Morgan fingerprint density at radius 2 is 2.17 bits per heavy atom. The minimum atomic E-state index is 0.226. The van der Waals surface area contributed by atoms with Gasteiger partial charge in [0.25, 0.3) is 0 Å². The van der Waals surface area contributed by atoms with Crippen LogP contribution in [0.4, 0.5) is 0 Å². The minimum absolute atomic E-state index is 0.226. The summed E-state index contributed by atoms with van der Waals surface area (Å²) in [7, 11) is 0. The van der Waals surface area contributed by atoms with Crippen molar-refractivity contribution < 1.29 is 4.74 Å². The van der Waals surface area contributed by atoms with Gasteiger partial charge in [0.05, 0.1) is 25.3 Å². The fourth-order valence-corrected chi connectivity index (χ4v) is 4.37. The number of hydrogen-bond donors (Lipinski definition) is 1. The molecule has 2 aliphatic heterocycles. The van der Waals surface area contributed by atoms with E-state index in [9.17, 15) is 0 Å². The molecule has 1 aromatic rings. The third-order valence-electron chi connectivity index (χ3n) is 5.12. The summed E-state index contributed by atoms with van der Waals surface area (Å²) >= 11 is 1.83. The predicted octanol–water partition coefficient (Wildman–Crippen LogP) is 2.56. The van der Waals surface area contributed by atoms with Crippen LogP contribution in [0.2, 0.25) is 0 Å². The Kier molecular flexibility index (Phi) is 6.14. The molecule has 0 amide bonds. The lowest BCUT2D eigenvalue weighted by molar-refractivity contribution is 0.00523. The molecule has 2 atom stereocenters. The second-order valence-corrected chi connectivity index (χ2v) is 8.06. The first kappa shape index (κ1) is 17.7. The molecule has 1 aromatic heterocycles. The van der Waals surface area contributed by atoms with E-state index in [2.05, 4.69) is 41.2 Å². The number of guanidine groups is 1. The zero-order valence-corrected chi connectivity index (χ0v) is 15.7. The molecule has 2 unspecified atom stereocenters. The van der Waals surface area contributed by atoms with Crippen LogP contribution in [0.25, 0.3) is 0 Å². The van der Waals surface area contributed by atoms with Crippen LogP contribution in [0.15, 0.2) is 22.5 Å². The highest BCUT2D eigenvalue weighted by molar-refractivity contribution is 7.10. The molecule has 0 radical (unpaired) electrons. The lowest BCUT2D eigenvalue weighted by atomic mass is 9.97. The Bertz CT molecular complexity index is 525. The van der Waals surface area contributed by atoms with Crippen LogP contribution in [0.5, 0.6) is 0 Å². The van der Waals surface area contributed by atoms with Gasteiger partial charge in [0, 0.05) is 18.0 Å². The molecule has 2 fully saturated rings. The van der Waals surface area contributed by atoms with E-state index in [-0.39, 0.29) is 6.10 Å². The van der Waals surface area contributed by atoms with E-state index in [1.807, 2.05) is 11.3 Å². The number of nitrogens with zero attached hydrogens (tertiary/aromatic N) is 3. The van der Waals surface area contributed by atoms with Gasteiger partial charge < -0.3 is 15.4 Å². The highest BCUT2D eigenvalue weighted by Gasteiger charge is 2.26.